The van der Waals surface area contributed by atoms with Crippen molar-refractivity contribution < 1.29 is 13.9 Å². The highest BCUT2D eigenvalue weighted by Crippen LogP contribution is 2.25. The van der Waals surface area contributed by atoms with Gasteiger partial charge in [0.05, 0.1) is 18.7 Å². The second-order valence-electron chi connectivity index (χ2n) is 5.49. The van der Waals surface area contributed by atoms with Crippen LogP contribution in [0, 0.1) is 5.82 Å². The molecule has 1 amide bonds. The fraction of sp³-hybridized carbons (Fsp3) is 0.105. The lowest BCUT2D eigenvalue weighted by Crippen LogP contribution is -2.31. The van der Waals surface area contributed by atoms with Crippen LogP contribution in [-0.2, 0) is 0 Å². The van der Waals surface area contributed by atoms with Crippen LogP contribution in [0.15, 0.2) is 65.7 Å². The topological polar surface area (TPSA) is 84.1 Å². The summed E-state index contributed by atoms with van der Waals surface area (Å²) in [6.07, 6.45) is 2.76. The molecule has 0 saturated heterocycles. The summed E-state index contributed by atoms with van der Waals surface area (Å²) in [5.74, 6) is -0.358. The van der Waals surface area contributed by atoms with Crippen LogP contribution in [0.4, 0.5) is 4.39 Å². The van der Waals surface area contributed by atoms with E-state index < -0.39 is 17.8 Å². The number of methoxy groups -OCH3 is 1. The number of nitrogens with one attached hydrogen (secondary N) is 2. The van der Waals surface area contributed by atoms with E-state index >= 15 is 0 Å². The predicted molar refractivity (Wildman–Crippen MR) is 93.6 cm³/mol. The van der Waals surface area contributed by atoms with Gasteiger partial charge < -0.3 is 15.0 Å². The second-order valence-corrected chi connectivity index (χ2v) is 5.49. The maximum Gasteiger partial charge on any atom is 0.253 e. The first kappa shape index (κ1) is 17.3. The molecule has 0 aliphatic carbocycles. The molecule has 0 aliphatic heterocycles. The Balaban J connectivity index is 1.97. The number of amides is 1. The Labute approximate surface area is 148 Å². The molecule has 3 rings (SSSR count). The number of ether oxygens (including phenoxy) is 1. The summed E-state index contributed by atoms with van der Waals surface area (Å²) >= 11 is 0. The van der Waals surface area contributed by atoms with E-state index in [0.29, 0.717) is 11.3 Å². The van der Waals surface area contributed by atoms with Gasteiger partial charge in [0.1, 0.15) is 17.3 Å². The first-order valence-electron chi connectivity index (χ1n) is 7.82. The molecule has 0 radical (unpaired) electrons. The van der Waals surface area contributed by atoms with E-state index in [2.05, 4.69) is 15.3 Å². The first-order chi connectivity index (χ1) is 12.6. The maximum absolute atomic E-state index is 14.3. The molecule has 6 nitrogen and oxygen atoms in total. The molecule has 26 heavy (non-hydrogen) atoms. The van der Waals surface area contributed by atoms with Crippen molar-refractivity contribution in [3.63, 3.8) is 0 Å². The molecule has 0 spiro atoms. The zero-order valence-corrected chi connectivity index (χ0v) is 13.9. The number of nitrogens with zero attached hydrogens (tertiary/aromatic N) is 1. The van der Waals surface area contributed by atoms with Gasteiger partial charge in [-0.25, -0.2) is 4.39 Å². The lowest BCUT2D eigenvalue weighted by molar-refractivity contribution is 0.0941. The fourth-order valence-corrected chi connectivity index (χ4v) is 2.48. The van der Waals surface area contributed by atoms with Crippen LogP contribution in [0.5, 0.6) is 5.75 Å². The van der Waals surface area contributed by atoms with E-state index in [-0.39, 0.29) is 16.8 Å². The van der Waals surface area contributed by atoms with Gasteiger partial charge >= 0.3 is 0 Å². The fourth-order valence-electron chi connectivity index (χ4n) is 2.48. The lowest BCUT2D eigenvalue weighted by Gasteiger charge is -2.19. The van der Waals surface area contributed by atoms with Gasteiger partial charge in [0.25, 0.3) is 5.91 Å². The zero-order valence-electron chi connectivity index (χ0n) is 13.9. The average molecular weight is 353 g/mol. The monoisotopic (exact) mass is 353 g/mol. The lowest BCUT2D eigenvalue weighted by atomic mass is 10.0. The number of carbonyl (C=O) groups excluding carboxylic acids is 1. The third-order valence-electron chi connectivity index (χ3n) is 3.83. The van der Waals surface area contributed by atoms with E-state index in [0.717, 1.165) is 0 Å². The van der Waals surface area contributed by atoms with Gasteiger partial charge in [-0.1, -0.05) is 12.1 Å². The Hall–Kier alpha value is -3.48. The average Bonchev–Trinajstić information content (AvgIpc) is 2.67. The van der Waals surface area contributed by atoms with Gasteiger partial charge in [-0.15, -0.1) is 0 Å². The summed E-state index contributed by atoms with van der Waals surface area (Å²) in [4.78, 5) is 30.2. The van der Waals surface area contributed by atoms with Crippen molar-refractivity contribution in [2.75, 3.05) is 7.11 Å². The Morgan fingerprint density at radius 2 is 1.96 bits per heavy atom. The summed E-state index contributed by atoms with van der Waals surface area (Å²) in [6.45, 7) is 0. The summed E-state index contributed by atoms with van der Waals surface area (Å²) in [7, 11) is 1.54. The van der Waals surface area contributed by atoms with Crippen molar-refractivity contribution in [2.24, 2.45) is 0 Å². The number of hydrogen-bond donors (Lipinski definition) is 2. The minimum Gasteiger partial charge on any atom is -0.497 e. The summed E-state index contributed by atoms with van der Waals surface area (Å²) in [5.41, 5.74) is 0.667. The molecular formula is C19H16FN3O3. The molecule has 7 heteroatoms. The highest BCUT2D eigenvalue weighted by Gasteiger charge is 2.22. The molecule has 0 saturated carbocycles. The van der Waals surface area contributed by atoms with Crippen molar-refractivity contribution in [3.8, 4) is 5.75 Å². The third-order valence-corrected chi connectivity index (χ3v) is 3.83. The van der Waals surface area contributed by atoms with Gasteiger partial charge in [0.15, 0.2) is 0 Å². The largest absolute Gasteiger partial charge is 0.497 e. The van der Waals surface area contributed by atoms with Crippen LogP contribution < -0.4 is 15.6 Å². The van der Waals surface area contributed by atoms with Crippen LogP contribution >= 0.6 is 0 Å². The molecule has 0 aliphatic rings. The standard InChI is InChI=1S/C19H16FN3O3/c1-26-14-7-4-12(5-8-14)17(18-15(20)3-2-10-21-18)23-19(25)13-6-9-16(24)22-11-13/h2-11,17H,1H3,(H,22,24)(H,23,25). The second kappa shape index (κ2) is 7.60. The number of hydrogen-bond acceptors (Lipinski definition) is 4. The van der Waals surface area contributed by atoms with Crippen LogP contribution in [0.3, 0.4) is 0 Å². The SMILES string of the molecule is COc1ccc(C(NC(=O)c2ccc(=O)[nH]c2)c2ncccc2F)cc1. The Kier molecular flexibility index (Phi) is 5.07. The number of rotatable bonds is 5. The number of benzene rings is 1. The smallest absolute Gasteiger partial charge is 0.253 e. The highest BCUT2D eigenvalue weighted by atomic mass is 19.1. The number of pyridine rings is 2. The van der Waals surface area contributed by atoms with Crippen LogP contribution in [-0.4, -0.2) is 23.0 Å². The van der Waals surface area contributed by atoms with Crippen molar-refractivity contribution in [2.45, 2.75) is 6.04 Å². The summed E-state index contributed by atoms with van der Waals surface area (Å²) in [5, 5.41) is 2.76. The van der Waals surface area contributed by atoms with Gasteiger partial charge in [-0.3, -0.25) is 14.6 Å². The van der Waals surface area contributed by atoms with Crippen LogP contribution in [0.1, 0.15) is 27.7 Å². The van der Waals surface area contributed by atoms with E-state index in [1.807, 2.05) is 0 Å². The van der Waals surface area contributed by atoms with Crippen molar-refractivity contribution in [1.82, 2.24) is 15.3 Å². The minimum absolute atomic E-state index is 0.0930. The molecule has 3 aromatic rings. The van der Waals surface area contributed by atoms with Crippen molar-refractivity contribution >= 4 is 5.91 Å². The van der Waals surface area contributed by atoms with E-state index in [9.17, 15) is 14.0 Å². The Morgan fingerprint density at radius 1 is 1.19 bits per heavy atom. The molecule has 0 fully saturated rings. The quantitative estimate of drug-likeness (QED) is 0.738. The molecule has 2 heterocycles. The van der Waals surface area contributed by atoms with Gasteiger partial charge in [-0.05, 0) is 35.9 Å². The maximum atomic E-state index is 14.3. The zero-order chi connectivity index (χ0) is 18.5. The van der Waals surface area contributed by atoms with Gasteiger partial charge in [-0.2, -0.15) is 0 Å². The first-order valence-corrected chi connectivity index (χ1v) is 7.82. The minimum atomic E-state index is -0.804. The molecule has 132 valence electrons. The molecule has 2 N–H and O–H groups in total. The molecule has 2 aromatic heterocycles. The Bertz CT molecular complexity index is 950. The molecule has 1 atom stereocenters. The number of aromatic nitrogens is 2. The summed E-state index contributed by atoms with van der Waals surface area (Å²) < 4.78 is 19.4. The van der Waals surface area contributed by atoms with Crippen LogP contribution in [0.2, 0.25) is 0 Å². The van der Waals surface area contributed by atoms with E-state index in [1.54, 1.807) is 31.4 Å². The highest BCUT2D eigenvalue weighted by molar-refractivity contribution is 5.94. The van der Waals surface area contributed by atoms with Gasteiger partial charge in [0, 0.05) is 18.5 Å². The van der Waals surface area contributed by atoms with Crippen molar-refractivity contribution in [3.05, 3.63) is 93.9 Å². The van der Waals surface area contributed by atoms with Gasteiger partial charge in [0.2, 0.25) is 5.56 Å². The molecular weight excluding hydrogens is 337 g/mol. The predicted octanol–water partition coefficient (Wildman–Crippen LogP) is 2.44. The van der Waals surface area contributed by atoms with E-state index in [1.165, 1.54) is 36.7 Å². The number of carbonyl (C=O) groups is 1. The molecule has 1 aromatic carbocycles. The Morgan fingerprint density at radius 3 is 2.58 bits per heavy atom. The van der Waals surface area contributed by atoms with E-state index in [4.69, 9.17) is 4.74 Å². The number of H-pyrrole nitrogens is 1. The molecule has 1 unspecified atom stereocenters. The van der Waals surface area contributed by atoms with Crippen LogP contribution in [0.25, 0.3) is 0 Å². The number of aromatic amines is 1. The summed E-state index contributed by atoms with van der Waals surface area (Å²) in [6, 6.07) is 11.5. The van der Waals surface area contributed by atoms with Crippen molar-refractivity contribution in [1.29, 1.82) is 0 Å². The number of halogens is 1. The normalized spacial score (nSPS) is 11.6. The third kappa shape index (κ3) is 3.77. The molecule has 0 bridgehead atoms.